The van der Waals surface area contributed by atoms with Gasteiger partial charge in [-0.25, -0.2) is 0 Å². The van der Waals surface area contributed by atoms with Crippen molar-refractivity contribution in [1.29, 1.82) is 0 Å². The van der Waals surface area contributed by atoms with Crippen molar-refractivity contribution in [2.24, 2.45) is 0 Å². The van der Waals surface area contributed by atoms with E-state index in [0.29, 0.717) is 13.2 Å². The van der Waals surface area contributed by atoms with Crippen molar-refractivity contribution in [1.82, 2.24) is 5.32 Å². The van der Waals surface area contributed by atoms with Crippen molar-refractivity contribution >= 4 is 0 Å². The smallest absolute Gasteiger partial charge is 0.161 e. The molecule has 0 fully saturated rings. The van der Waals surface area contributed by atoms with Gasteiger partial charge in [0.1, 0.15) is 0 Å². The molecule has 1 aromatic carbocycles. The van der Waals surface area contributed by atoms with Crippen molar-refractivity contribution < 1.29 is 14.6 Å². The minimum absolute atomic E-state index is 0.0658. The summed E-state index contributed by atoms with van der Waals surface area (Å²) in [6, 6.07) is 6.26. The predicted molar refractivity (Wildman–Crippen MR) is 86.1 cm³/mol. The average Bonchev–Trinajstić information content (AvgIpc) is 2.50. The summed E-state index contributed by atoms with van der Waals surface area (Å²) in [6.45, 7) is 9.72. The van der Waals surface area contributed by atoms with E-state index in [1.807, 2.05) is 25.1 Å². The van der Waals surface area contributed by atoms with E-state index in [0.717, 1.165) is 29.9 Å². The van der Waals surface area contributed by atoms with Crippen LogP contribution in [0.5, 0.6) is 11.5 Å². The lowest BCUT2D eigenvalue weighted by Gasteiger charge is -2.20. The van der Waals surface area contributed by atoms with Crippen molar-refractivity contribution in [3.05, 3.63) is 23.8 Å². The minimum Gasteiger partial charge on any atom is -0.490 e. The van der Waals surface area contributed by atoms with Gasteiger partial charge in [0.25, 0.3) is 0 Å². The van der Waals surface area contributed by atoms with Crippen LogP contribution in [0.2, 0.25) is 0 Å². The first-order valence-corrected chi connectivity index (χ1v) is 7.88. The van der Waals surface area contributed by atoms with Gasteiger partial charge in [-0.05, 0) is 44.4 Å². The van der Waals surface area contributed by atoms with Crippen LogP contribution < -0.4 is 14.8 Å². The molecule has 1 rings (SSSR count). The molecular weight excluding hydrogens is 266 g/mol. The Kier molecular flexibility index (Phi) is 8.16. The molecule has 0 radical (unpaired) electrons. The lowest BCUT2D eigenvalue weighted by atomic mass is 10.1. The van der Waals surface area contributed by atoms with Crippen molar-refractivity contribution in [2.45, 2.75) is 52.6 Å². The third-order valence-electron chi connectivity index (χ3n) is 3.20. The summed E-state index contributed by atoms with van der Waals surface area (Å²) in [5.74, 6) is 1.60. The first-order valence-electron chi connectivity index (χ1n) is 7.88. The molecule has 0 saturated heterocycles. The largest absolute Gasteiger partial charge is 0.490 e. The highest BCUT2D eigenvalue weighted by molar-refractivity contribution is 5.43. The van der Waals surface area contributed by atoms with Gasteiger partial charge in [-0.15, -0.1) is 0 Å². The quantitative estimate of drug-likeness (QED) is 0.695. The molecule has 120 valence electrons. The van der Waals surface area contributed by atoms with E-state index in [-0.39, 0.29) is 18.7 Å². The van der Waals surface area contributed by atoms with Gasteiger partial charge in [0, 0.05) is 12.1 Å². The van der Waals surface area contributed by atoms with Crippen LogP contribution in [-0.4, -0.2) is 31.0 Å². The van der Waals surface area contributed by atoms with E-state index < -0.39 is 0 Å². The number of hydrogen-bond donors (Lipinski definition) is 2. The monoisotopic (exact) mass is 295 g/mol. The maximum Gasteiger partial charge on any atom is 0.161 e. The van der Waals surface area contributed by atoms with E-state index in [2.05, 4.69) is 26.1 Å². The summed E-state index contributed by atoms with van der Waals surface area (Å²) in [4.78, 5) is 0. The molecule has 0 spiro atoms. The van der Waals surface area contributed by atoms with Crippen LogP contribution in [0.3, 0.4) is 0 Å². The summed E-state index contributed by atoms with van der Waals surface area (Å²) >= 11 is 0. The van der Waals surface area contributed by atoms with Gasteiger partial charge in [-0.3, -0.25) is 0 Å². The fourth-order valence-electron chi connectivity index (χ4n) is 2.03. The molecule has 0 amide bonds. The molecule has 21 heavy (non-hydrogen) atoms. The van der Waals surface area contributed by atoms with Gasteiger partial charge in [0.15, 0.2) is 11.5 Å². The molecule has 0 aliphatic rings. The van der Waals surface area contributed by atoms with Crippen molar-refractivity contribution in [2.75, 3.05) is 19.8 Å². The maximum absolute atomic E-state index is 9.14. The first-order chi connectivity index (χ1) is 10.1. The zero-order valence-corrected chi connectivity index (χ0v) is 13.7. The van der Waals surface area contributed by atoms with Gasteiger partial charge in [-0.2, -0.15) is 0 Å². The Bertz CT molecular complexity index is 409. The van der Waals surface area contributed by atoms with Crippen LogP contribution in [0.1, 0.15) is 52.1 Å². The first kappa shape index (κ1) is 17.8. The Morgan fingerprint density at radius 2 is 1.67 bits per heavy atom. The molecule has 4 heteroatoms. The third-order valence-corrected chi connectivity index (χ3v) is 3.20. The summed E-state index contributed by atoms with van der Waals surface area (Å²) in [7, 11) is 0. The van der Waals surface area contributed by atoms with Gasteiger partial charge < -0.3 is 19.9 Å². The van der Waals surface area contributed by atoms with Crippen molar-refractivity contribution in [3.63, 3.8) is 0 Å². The van der Waals surface area contributed by atoms with Gasteiger partial charge in [0.05, 0.1) is 19.8 Å². The van der Waals surface area contributed by atoms with Crippen LogP contribution in [-0.2, 0) is 0 Å². The lowest BCUT2D eigenvalue weighted by molar-refractivity contribution is 0.242. The molecule has 4 nitrogen and oxygen atoms in total. The number of ether oxygens (including phenoxy) is 2. The second kappa shape index (κ2) is 9.64. The summed E-state index contributed by atoms with van der Waals surface area (Å²) in [5.41, 5.74) is 1.13. The van der Waals surface area contributed by atoms with Crippen LogP contribution in [0.25, 0.3) is 0 Å². The highest BCUT2D eigenvalue weighted by Crippen LogP contribution is 2.31. The van der Waals surface area contributed by atoms with E-state index in [1.165, 1.54) is 0 Å². The van der Waals surface area contributed by atoms with Crippen LogP contribution >= 0.6 is 0 Å². The third kappa shape index (κ3) is 5.94. The zero-order chi connectivity index (χ0) is 15.7. The van der Waals surface area contributed by atoms with E-state index in [9.17, 15) is 0 Å². The highest BCUT2D eigenvalue weighted by Gasteiger charge is 2.13. The molecule has 0 aliphatic carbocycles. The molecule has 0 aromatic heterocycles. The number of rotatable bonds is 10. The number of aliphatic hydroxyl groups excluding tert-OH is 1. The Balaban J connectivity index is 2.86. The normalized spacial score (nSPS) is 13.8. The highest BCUT2D eigenvalue weighted by atomic mass is 16.5. The number of hydrogen-bond acceptors (Lipinski definition) is 4. The number of benzene rings is 1. The Morgan fingerprint density at radius 1 is 1.05 bits per heavy atom. The summed E-state index contributed by atoms with van der Waals surface area (Å²) in [6.07, 6.45) is 1.94. The number of aliphatic hydroxyl groups is 1. The topological polar surface area (TPSA) is 50.7 Å². The van der Waals surface area contributed by atoms with Crippen LogP contribution in [0.4, 0.5) is 0 Å². The minimum atomic E-state index is 0.0658. The lowest BCUT2D eigenvalue weighted by Crippen LogP contribution is -2.31. The van der Waals surface area contributed by atoms with Crippen LogP contribution in [0, 0.1) is 0 Å². The fraction of sp³-hybridized carbons (Fsp3) is 0.647. The maximum atomic E-state index is 9.14. The molecule has 0 bridgehead atoms. The molecule has 2 atom stereocenters. The van der Waals surface area contributed by atoms with Crippen LogP contribution in [0.15, 0.2) is 18.2 Å². The molecule has 0 heterocycles. The van der Waals surface area contributed by atoms with Gasteiger partial charge >= 0.3 is 0 Å². The summed E-state index contributed by atoms with van der Waals surface area (Å²) < 4.78 is 11.5. The SMILES string of the molecule is CCCOc1ccc(C(C)NC(C)CO)cc1OCCC. The standard InChI is InChI=1S/C17H29NO3/c1-5-9-20-16-8-7-15(11-17(16)21-10-6-2)14(4)18-13(3)12-19/h7-8,11,13-14,18-19H,5-6,9-10,12H2,1-4H3. The Hall–Kier alpha value is -1.26. The predicted octanol–water partition coefficient (Wildman–Crippen LogP) is 3.30. The summed E-state index contributed by atoms with van der Waals surface area (Å²) in [5, 5.41) is 12.5. The van der Waals surface area contributed by atoms with Crippen molar-refractivity contribution in [3.8, 4) is 11.5 Å². The second-order valence-electron chi connectivity index (χ2n) is 5.38. The zero-order valence-electron chi connectivity index (χ0n) is 13.7. The molecular formula is C17H29NO3. The van der Waals surface area contributed by atoms with E-state index >= 15 is 0 Å². The molecule has 0 saturated carbocycles. The fourth-order valence-corrected chi connectivity index (χ4v) is 2.03. The average molecular weight is 295 g/mol. The second-order valence-corrected chi connectivity index (χ2v) is 5.38. The molecule has 2 N–H and O–H groups in total. The molecule has 0 aliphatic heterocycles. The van der Waals surface area contributed by atoms with Gasteiger partial charge in [0.2, 0.25) is 0 Å². The Morgan fingerprint density at radius 3 is 2.24 bits per heavy atom. The molecule has 1 aromatic rings. The van der Waals surface area contributed by atoms with E-state index in [4.69, 9.17) is 14.6 Å². The Labute approximate surface area is 128 Å². The molecule has 2 unspecified atom stereocenters. The van der Waals surface area contributed by atoms with Gasteiger partial charge in [-0.1, -0.05) is 19.9 Å². The van der Waals surface area contributed by atoms with E-state index in [1.54, 1.807) is 0 Å². The number of nitrogens with one attached hydrogen (secondary N) is 1.